The topological polar surface area (TPSA) is 46.5 Å². The molecule has 98 valence electrons. The Morgan fingerprint density at radius 2 is 2.33 bits per heavy atom. The Hall–Kier alpha value is -1.49. The van der Waals surface area contributed by atoms with Crippen molar-refractivity contribution in [3.63, 3.8) is 0 Å². The Morgan fingerprint density at radius 3 is 3.00 bits per heavy atom. The lowest BCUT2D eigenvalue weighted by Gasteiger charge is -2.09. The number of benzene rings is 1. The van der Waals surface area contributed by atoms with E-state index in [2.05, 4.69) is 0 Å². The molecule has 3 nitrogen and oxygen atoms in total. The molecule has 0 saturated carbocycles. The van der Waals surface area contributed by atoms with Crippen LogP contribution in [-0.2, 0) is 4.79 Å². The van der Waals surface area contributed by atoms with Crippen LogP contribution in [0.4, 0.5) is 4.39 Å². The lowest BCUT2D eigenvalue weighted by molar-refractivity contribution is -0.131. The third kappa shape index (κ3) is 4.79. The molecule has 0 aliphatic heterocycles. The normalized spacial score (nSPS) is 10.8. The second-order valence-corrected chi connectivity index (χ2v) is 4.51. The quantitative estimate of drug-likeness (QED) is 0.611. The van der Waals surface area contributed by atoms with Gasteiger partial charge in [0.25, 0.3) is 0 Å². The third-order valence-corrected chi connectivity index (χ3v) is 2.84. The van der Waals surface area contributed by atoms with Gasteiger partial charge >= 0.3 is 5.97 Å². The summed E-state index contributed by atoms with van der Waals surface area (Å²) >= 11 is 1.69. The fraction of sp³-hybridized carbons (Fsp3) is 0.308. The van der Waals surface area contributed by atoms with Gasteiger partial charge in [-0.1, -0.05) is 12.1 Å². The molecular formula is C13H15FO3S. The summed E-state index contributed by atoms with van der Waals surface area (Å²) in [4.78, 5) is 10.4. The molecule has 0 radical (unpaired) electrons. The largest absolute Gasteiger partial charge is 0.490 e. The first kappa shape index (κ1) is 14.6. The summed E-state index contributed by atoms with van der Waals surface area (Å²) in [6, 6.07) is 4.43. The van der Waals surface area contributed by atoms with Crippen molar-refractivity contribution in [1.29, 1.82) is 0 Å². The zero-order chi connectivity index (χ0) is 13.4. The fourth-order valence-electron chi connectivity index (χ4n) is 1.35. The summed E-state index contributed by atoms with van der Waals surface area (Å²) in [6.07, 6.45) is 5.10. The number of halogens is 1. The Morgan fingerprint density at radius 1 is 1.56 bits per heavy atom. The molecule has 1 N–H and O–H groups in total. The molecule has 1 aromatic rings. The minimum atomic E-state index is -1.08. The number of para-hydroxylation sites is 1. The zero-order valence-electron chi connectivity index (χ0n) is 10.1. The Kier molecular flexibility index (Phi) is 6.28. The van der Waals surface area contributed by atoms with Crippen molar-refractivity contribution in [3.05, 3.63) is 35.7 Å². The molecule has 0 aliphatic rings. The maximum absolute atomic E-state index is 13.6. The van der Waals surface area contributed by atoms with Crippen molar-refractivity contribution in [2.45, 2.75) is 6.42 Å². The monoisotopic (exact) mass is 270 g/mol. The van der Waals surface area contributed by atoms with E-state index in [1.54, 1.807) is 17.8 Å². The Balaban J connectivity index is 2.77. The molecule has 0 spiro atoms. The molecule has 0 aromatic heterocycles. The van der Waals surface area contributed by atoms with Gasteiger partial charge < -0.3 is 9.84 Å². The van der Waals surface area contributed by atoms with Crippen molar-refractivity contribution in [2.24, 2.45) is 0 Å². The van der Waals surface area contributed by atoms with E-state index in [4.69, 9.17) is 9.84 Å². The van der Waals surface area contributed by atoms with Crippen LogP contribution in [0.25, 0.3) is 6.08 Å². The number of thioether (sulfide) groups is 1. The highest BCUT2D eigenvalue weighted by atomic mass is 32.2. The van der Waals surface area contributed by atoms with Crippen LogP contribution >= 0.6 is 11.8 Å². The van der Waals surface area contributed by atoms with Gasteiger partial charge in [-0.25, -0.2) is 9.18 Å². The van der Waals surface area contributed by atoms with Crippen molar-refractivity contribution in [1.82, 2.24) is 0 Å². The highest BCUT2D eigenvalue weighted by Gasteiger charge is 2.07. The average molecular weight is 270 g/mol. The number of hydrogen-bond donors (Lipinski definition) is 1. The first-order chi connectivity index (χ1) is 8.65. The number of carboxylic acid groups (broad SMARTS) is 1. The maximum Gasteiger partial charge on any atom is 0.328 e. The first-order valence-electron chi connectivity index (χ1n) is 5.46. The van der Waals surface area contributed by atoms with E-state index < -0.39 is 11.8 Å². The van der Waals surface area contributed by atoms with Gasteiger partial charge in [-0.15, -0.1) is 0 Å². The third-order valence-electron chi connectivity index (χ3n) is 2.14. The minimum Gasteiger partial charge on any atom is -0.490 e. The molecule has 0 heterocycles. The van der Waals surface area contributed by atoms with Crippen molar-refractivity contribution in [3.8, 4) is 5.75 Å². The van der Waals surface area contributed by atoms with Crippen LogP contribution in [0.1, 0.15) is 12.0 Å². The van der Waals surface area contributed by atoms with Crippen LogP contribution in [-0.4, -0.2) is 29.7 Å². The predicted octanol–water partition coefficient (Wildman–Crippen LogP) is 3.06. The smallest absolute Gasteiger partial charge is 0.328 e. The number of hydrogen-bond acceptors (Lipinski definition) is 3. The number of carbonyl (C=O) groups is 1. The van der Waals surface area contributed by atoms with E-state index >= 15 is 0 Å². The van der Waals surface area contributed by atoms with Crippen LogP contribution < -0.4 is 4.74 Å². The molecule has 0 atom stereocenters. The van der Waals surface area contributed by atoms with E-state index in [0.29, 0.717) is 12.2 Å². The summed E-state index contributed by atoms with van der Waals surface area (Å²) in [7, 11) is 0. The lowest BCUT2D eigenvalue weighted by atomic mass is 10.2. The maximum atomic E-state index is 13.6. The highest BCUT2D eigenvalue weighted by molar-refractivity contribution is 7.98. The summed E-state index contributed by atoms with van der Waals surface area (Å²) in [5.41, 5.74) is 0.432. The average Bonchev–Trinajstić information content (AvgIpc) is 2.34. The summed E-state index contributed by atoms with van der Waals surface area (Å²) < 4.78 is 18.9. The molecular weight excluding hydrogens is 255 g/mol. The van der Waals surface area contributed by atoms with Crippen LogP contribution in [0.5, 0.6) is 5.75 Å². The second kappa shape index (κ2) is 7.76. The number of carboxylic acids is 1. The Bertz CT molecular complexity index is 432. The van der Waals surface area contributed by atoms with Crippen LogP contribution in [0.2, 0.25) is 0 Å². The molecule has 0 bridgehead atoms. The minimum absolute atomic E-state index is 0.108. The highest BCUT2D eigenvalue weighted by Crippen LogP contribution is 2.24. The molecule has 1 rings (SSSR count). The zero-order valence-corrected chi connectivity index (χ0v) is 10.9. The van der Waals surface area contributed by atoms with Gasteiger partial charge in [0, 0.05) is 11.6 Å². The summed E-state index contributed by atoms with van der Waals surface area (Å²) in [6.45, 7) is 0.412. The summed E-state index contributed by atoms with van der Waals surface area (Å²) in [5.74, 6) is -0.509. The van der Waals surface area contributed by atoms with E-state index in [0.717, 1.165) is 18.2 Å². The van der Waals surface area contributed by atoms with Gasteiger partial charge in [-0.3, -0.25) is 0 Å². The molecule has 0 fully saturated rings. The van der Waals surface area contributed by atoms with E-state index in [1.165, 1.54) is 18.2 Å². The standard InChI is InChI=1S/C13H15FO3S/c1-18-9-3-8-17-13-10(6-7-12(15)16)4-2-5-11(13)14/h2,4-7H,3,8-9H2,1H3,(H,15,16)/b7-6+. The molecule has 0 aliphatic carbocycles. The van der Waals surface area contributed by atoms with Gasteiger partial charge in [0.15, 0.2) is 11.6 Å². The molecule has 0 saturated heterocycles. The van der Waals surface area contributed by atoms with Gasteiger partial charge in [0.05, 0.1) is 6.61 Å². The number of aliphatic carboxylic acids is 1. The van der Waals surface area contributed by atoms with Crippen molar-refractivity contribution < 1.29 is 19.0 Å². The van der Waals surface area contributed by atoms with Crippen molar-refractivity contribution in [2.75, 3.05) is 18.6 Å². The summed E-state index contributed by atoms with van der Waals surface area (Å²) in [5, 5.41) is 8.56. The van der Waals surface area contributed by atoms with E-state index in [9.17, 15) is 9.18 Å². The van der Waals surface area contributed by atoms with E-state index in [1.807, 2.05) is 6.26 Å². The molecule has 0 amide bonds. The fourth-order valence-corrected chi connectivity index (χ4v) is 1.75. The molecule has 1 aromatic carbocycles. The Labute approximate surface area is 110 Å². The van der Waals surface area contributed by atoms with Crippen molar-refractivity contribution >= 4 is 23.8 Å². The number of ether oxygens (including phenoxy) is 1. The first-order valence-corrected chi connectivity index (χ1v) is 6.85. The van der Waals surface area contributed by atoms with Crippen LogP contribution in [0, 0.1) is 5.82 Å². The SMILES string of the molecule is CSCCCOc1c(F)cccc1/C=C/C(=O)O. The molecule has 18 heavy (non-hydrogen) atoms. The van der Waals surface area contributed by atoms with E-state index in [-0.39, 0.29) is 5.75 Å². The van der Waals surface area contributed by atoms with Gasteiger partial charge in [0.2, 0.25) is 0 Å². The predicted molar refractivity (Wildman–Crippen MR) is 71.6 cm³/mol. The van der Waals surface area contributed by atoms with Crippen LogP contribution in [0.3, 0.4) is 0 Å². The second-order valence-electron chi connectivity index (χ2n) is 3.52. The van der Waals surface area contributed by atoms with Gasteiger partial charge in [0.1, 0.15) is 0 Å². The van der Waals surface area contributed by atoms with Gasteiger partial charge in [-0.05, 0) is 30.6 Å². The van der Waals surface area contributed by atoms with Crippen LogP contribution in [0.15, 0.2) is 24.3 Å². The molecule has 5 heteroatoms. The number of rotatable bonds is 7. The van der Waals surface area contributed by atoms with Gasteiger partial charge in [-0.2, -0.15) is 11.8 Å². The molecule has 0 unspecified atom stereocenters. The lowest BCUT2D eigenvalue weighted by Crippen LogP contribution is -2.02.